The van der Waals surface area contributed by atoms with Crippen LogP contribution in [0.15, 0.2) is 53.9 Å². The minimum absolute atomic E-state index is 0.166. The van der Waals surface area contributed by atoms with Gasteiger partial charge in [-0.1, -0.05) is 42.1 Å². The molecular weight excluding hydrogens is 342 g/mol. The molecule has 0 amide bonds. The lowest BCUT2D eigenvalue weighted by molar-refractivity contribution is 0.102. The molecule has 5 heteroatoms. The van der Waals surface area contributed by atoms with Crippen LogP contribution in [0.25, 0.3) is 0 Å². The Labute approximate surface area is 159 Å². The van der Waals surface area contributed by atoms with E-state index in [1.165, 1.54) is 17.3 Å². The van der Waals surface area contributed by atoms with Crippen molar-refractivity contribution in [2.75, 3.05) is 5.75 Å². The Balaban J connectivity index is 1.67. The summed E-state index contributed by atoms with van der Waals surface area (Å²) in [7, 11) is 0. The number of imidazole rings is 1. The van der Waals surface area contributed by atoms with Crippen molar-refractivity contribution in [3.63, 3.8) is 0 Å². The van der Waals surface area contributed by atoms with E-state index >= 15 is 0 Å². The third kappa shape index (κ3) is 4.10. The molecule has 0 atom stereocenters. The van der Waals surface area contributed by atoms with E-state index in [-0.39, 0.29) is 5.78 Å². The second kappa shape index (κ2) is 8.41. The van der Waals surface area contributed by atoms with Gasteiger partial charge in [0, 0.05) is 42.4 Å². The molecule has 0 bridgehead atoms. The molecule has 0 aliphatic carbocycles. The SMILES string of the molecule is CCn1ccnc1SCC(=O)c1cc(C)n(CCc2ccccc2)c1C. The number of rotatable bonds is 8. The molecule has 0 saturated carbocycles. The van der Waals surface area contributed by atoms with Gasteiger partial charge in [0.15, 0.2) is 10.9 Å². The van der Waals surface area contributed by atoms with Crippen molar-refractivity contribution < 1.29 is 4.79 Å². The van der Waals surface area contributed by atoms with Crippen molar-refractivity contribution in [3.8, 4) is 0 Å². The number of carbonyl (C=O) groups is 1. The fraction of sp³-hybridized carbons (Fsp3) is 0.333. The highest BCUT2D eigenvalue weighted by Crippen LogP contribution is 2.21. The highest BCUT2D eigenvalue weighted by atomic mass is 32.2. The third-order valence-corrected chi connectivity index (χ3v) is 5.70. The Hall–Kier alpha value is -2.27. The maximum absolute atomic E-state index is 12.7. The molecule has 0 radical (unpaired) electrons. The fourth-order valence-electron chi connectivity index (χ4n) is 3.20. The summed E-state index contributed by atoms with van der Waals surface area (Å²) in [5.74, 6) is 0.583. The largest absolute Gasteiger partial charge is 0.348 e. The molecule has 136 valence electrons. The van der Waals surface area contributed by atoms with Gasteiger partial charge in [0.1, 0.15) is 0 Å². The number of nitrogens with zero attached hydrogens (tertiary/aromatic N) is 3. The second-order valence-electron chi connectivity index (χ2n) is 6.38. The van der Waals surface area contributed by atoms with Crippen molar-refractivity contribution in [1.29, 1.82) is 0 Å². The van der Waals surface area contributed by atoms with Crippen LogP contribution < -0.4 is 0 Å². The first-order valence-corrected chi connectivity index (χ1v) is 9.96. The van der Waals surface area contributed by atoms with Crippen LogP contribution >= 0.6 is 11.8 Å². The molecule has 0 N–H and O–H groups in total. The van der Waals surface area contributed by atoms with Gasteiger partial charge in [-0.3, -0.25) is 4.79 Å². The molecule has 3 rings (SSSR count). The van der Waals surface area contributed by atoms with Crippen LogP contribution in [-0.4, -0.2) is 25.7 Å². The molecule has 0 spiro atoms. The first-order valence-electron chi connectivity index (χ1n) is 8.98. The first kappa shape index (κ1) is 18.5. The Morgan fingerprint density at radius 3 is 2.69 bits per heavy atom. The average molecular weight is 368 g/mol. The summed E-state index contributed by atoms with van der Waals surface area (Å²) >= 11 is 1.51. The number of Topliss-reactive ketones (excluding diaryl/α,β-unsaturated/α-hetero) is 1. The van der Waals surface area contributed by atoms with E-state index in [1.54, 1.807) is 6.20 Å². The standard InChI is InChI=1S/C21H25N3OS/c1-4-23-13-11-22-21(23)26-15-20(25)19-14-16(2)24(17(19)3)12-10-18-8-6-5-7-9-18/h5-9,11,13-14H,4,10,12,15H2,1-3H3. The Bertz CT molecular complexity index is 880. The molecule has 0 saturated heterocycles. The minimum Gasteiger partial charge on any atom is -0.348 e. The zero-order valence-corrected chi connectivity index (χ0v) is 16.4. The van der Waals surface area contributed by atoms with Crippen LogP contribution in [0.3, 0.4) is 0 Å². The van der Waals surface area contributed by atoms with Crippen LogP contribution in [0.1, 0.15) is 34.2 Å². The number of hydrogen-bond donors (Lipinski definition) is 0. The van der Waals surface area contributed by atoms with E-state index in [9.17, 15) is 4.79 Å². The van der Waals surface area contributed by atoms with Gasteiger partial charge in [0.05, 0.1) is 5.75 Å². The predicted octanol–water partition coefficient (Wildman–Crippen LogP) is 4.54. The molecule has 26 heavy (non-hydrogen) atoms. The van der Waals surface area contributed by atoms with Crippen molar-refractivity contribution >= 4 is 17.5 Å². The van der Waals surface area contributed by atoms with Gasteiger partial charge in [0.25, 0.3) is 0 Å². The van der Waals surface area contributed by atoms with Gasteiger partial charge in [-0.2, -0.15) is 0 Å². The summed E-state index contributed by atoms with van der Waals surface area (Å²) in [6, 6.07) is 12.5. The maximum atomic E-state index is 12.7. The Morgan fingerprint density at radius 1 is 1.19 bits per heavy atom. The molecule has 0 aliphatic heterocycles. The predicted molar refractivity (Wildman–Crippen MR) is 107 cm³/mol. The van der Waals surface area contributed by atoms with Crippen LogP contribution in [0.4, 0.5) is 0 Å². The topological polar surface area (TPSA) is 39.8 Å². The minimum atomic E-state index is 0.166. The monoisotopic (exact) mass is 367 g/mol. The zero-order chi connectivity index (χ0) is 18.5. The van der Waals surface area contributed by atoms with E-state index in [4.69, 9.17) is 0 Å². The van der Waals surface area contributed by atoms with Crippen LogP contribution in [0.5, 0.6) is 0 Å². The molecule has 2 aromatic heterocycles. The normalized spacial score (nSPS) is 11.0. The lowest BCUT2D eigenvalue weighted by Crippen LogP contribution is -2.08. The fourth-order valence-corrected chi connectivity index (χ4v) is 4.10. The Kier molecular flexibility index (Phi) is 5.99. The van der Waals surface area contributed by atoms with E-state index in [1.807, 2.05) is 25.3 Å². The van der Waals surface area contributed by atoms with E-state index < -0.39 is 0 Å². The van der Waals surface area contributed by atoms with Gasteiger partial charge in [0.2, 0.25) is 0 Å². The third-order valence-electron chi connectivity index (χ3n) is 4.69. The van der Waals surface area contributed by atoms with E-state index in [0.717, 1.165) is 41.6 Å². The summed E-state index contributed by atoms with van der Waals surface area (Å²) in [5, 5.41) is 0.902. The van der Waals surface area contributed by atoms with E-state index in [2.05, 4.69) is 52.2 Å². The summed E-state index contributed by atoms with van der Waals surface area (Å²) < 4.78 is 4.30. The number of hydrogen-bond acceptors (Lipinski definition) is 3. The number of carbonyl (C=O) groups excluding carboxylic acids is 1. The van der Waals surface area contributed by atoms with Gasteiger partial charge >= 0.3 is 0 Å². The number of thioether (sulfide) groups is 1. The van der Waals surface area contributed by atoms with Gasteiger partial charge < -0.3 is 9.13 Å². The summed E-state index contributed by atoms with van der Waals surface area (Å²) in [6.45, 7) is 7.95. The van der Waals surface area contributed by atoms with Crippen molar-refractivity contribution in [2.24, 2.45) is 0 Å². The summed E-state index contributed by atoms with van der Waals surface area (Å²) in [4.78, 5) is 17.1. The first-order chi connectivity index (χ1) is 12.6. The van der Waals surface area contributed by atoms with Crippen molar-refractivity contribution in [2.45, 2.75) is 45.4 Å². The lowest BCUT2D eigenvalue weighted by Gasteiger charge is -2.10. The van der Waals surface area contributed by atoms with Crippen molar-refractivity contribution in [1.82, 2.24) is 14.1 Å². The average Bonchev–Trinajstić information content (AvgIpc) is 3.23. The molecular formula is C21H25N3OS. The molecule has 1 aromatic carbocycles. The molecule has 0 aliphatic rings. The second-order valence-corrected chi connectivity index (χ2v) is 7.32. The van der Waals surface area contributed by atoms with Gasteiger partial charge in [-0.05, 0) is 38.8 Å². The lowest BCUT2D eigenvalue weighted by atomic mass is 10.1. The van der Waals surface area contributed by atoms with Crippen LogP contribution in [0.2, 0.25) is 0 Å². The highest BCUT2D eigenvalue weighted by Gasteiger charge is 2.16. The highest BCUT2D eigenvalue weighted by molar-refractivity contribution is 7.99. The quantitative estimate of drug-likeness (QED) is 0.433. The smallest absolute Gasteiger partial charge is 0.175 e. The van der Waals surface area contributed by atoms with Crippen LogP contribution in [-0.2, 0) is 19.5 Å². The van der Waals surface area contributed by atoms with Gasteiger partial charge in [-0.15, -0.1) is 0 Å². The number of ketones is 1. The molecule has 3 aromatic rings. The molecule has 2 heterocycles. The molecule has 0 unspecified atom stereocenters. The number of benzene rings is 1. The molecule has 4 nitrogen and oxygen atoms in total. The van der Waals surface area contributed by atoms with Gasteiger partial charge in [-0.25, -0.2) is 4.98 Å². The summed E-state index contributed by atoms with van der Waals surface area (Å²) in [5.41, 5.74) is 4.34. The number of aryl methyl sites for hydroxylation is 3. The van der Waals surface area contributed by atoms with Crippen LogP contribution in [0, 0.1) is 13.8 Å². The molecule has 0 fully saturated rings. The number of aromatic nitrogens is 3. The Morgan fingerprint density at radius 2 is 1.96 bits per heavy atom. The summed E-state index contributed by atoms with van der Waals surface area (Å²) in [6.07, 6.45) is 4.70. The zero-order valence-electron chi connectivity index (χ0n) is 15.6. The van der Waals surface area contributed by atoms with E-state index in [0.29, 0.717) is 5.75 Å². The van der Waals surface area contributed by atoms with Crippen molar-refractivity contribution in [3.05, 3.63) is 71.3 Å². The maximum Gasteiger partial charge on any atom is 0.175 e.